The van der Waals surface area contributed by atoms with E-state index in [-0.39, 0.29) is 0 Å². The first-order chi connectivity index (χ1) is 7.11. The van der Waals surface area contributed by atoms with Crippen molar-refractivity contribution in [2.75, 3.05) is 0 Å². The van der Waals surface area contributed by atoms with E-state index in [0.29, 0.717) is 16.9 Å². The number of alkyl halides is 1. The summed E-state index contributed by atoms with van der Waals surface area (Å²) in [4.78, 5) is 14.6. The lowest BCUT2D eigenvalue weighted by Gasteiger charge is -2.07. The smallest absolute Gasteiger partial charge is 0.359 e. The summed E-state index contributed by atoms with van der Waals surface area (Å²) in [5.74, 6) is -1.16. The number of hydrogen-bond acceptors (Lipinski definition) is 2. The molecule has 0 fully saturated rings. The zero-order valence-corrected chi connectivity index (χ0v) is 8.01. The molecule has 0 saturated carbocycles. The fraction of sp³-hybridized carbons (Fsp3) is 0.200. The van der Waals surface area contributed by atoms with Crippen molar-refractivity contribution in [1.82, 2.24) is 9.55 Å². The summed E-state index contributed by atoms with van der Waals surface area (Å²) >= 11 is 0. The van der Waals surface area contributed by atoms with Gasteiger partial charge in [-0.05, 0) is 19.1 Å². The van der Waals surface area contributed by atoms with Crippen LogP contribution in [0.25, 0.3) is 11.0 Å². The number of para-hydroxylation sites is 2. The van der Waals surface area contributed by atoms with Crippen LogP contribution in [0, 0.1) is 6.92 Å². The topological polar surface area (TPSA) is 55.1 Å². The van der Waals surface area contributed by atoms with Gasteiger partial charge in [0.15, 0.2) is 0 Å². The highest BCUT2D eigenvalue weighted by molar-refractivity contribution is 5.79. The number of aliphatic carboxylic acids is 1. The molecular weight excluding hydrogens is 199 g/mol. The summed E-state index contributed by atoms with van der Waals surface area (Å²) in [6, 6.07) is 6.85. The van der Waals surface area contributed by atoms with Gasteiger partial charge in [-0.2, -0.15) is 0 Å². The monoisotopic (exact) mass is 208 g/mol. The number of carboxylic acids is 1. The van der Waals surface area contributed by atoms with Crippen LogP contribution in [0.1, 0.15) is 12.1 Å². The molecule has 2 aromatic rings. The van der Waals surface area contributed by atoms with Crippen LogP contribution in [-0.2, 0) is 4.79 Å². The number of carboxylic acid groups (broad SMARTS) is 1. The Morgan fingerprint density at radius 1 is 1.53 bits per heavy atom. The molecule has 2 rings (SSSR count). The lowest BCUT2D eigenvalue weighted by molar-refractivity contribution is -0.146. The molecule has 0 spiro atoms. The van der Waals surface area contributed by atoms with Crippen LogP contribution in [0.2, 0.25) is 0 Å². The van der Waals surface area contributed by atoms with Gasteiger partial charge in [0, 0.05) is 0 Å². The second kappa shape index (κ2) is 3.34. The van der Waals surface area contributed by atoms with Crippen LogP contribution in [0.3, 0.4) is 0 Å². The molecule has 78 valence electrons. The van der Waals surface area contributed by atoms with Gasteiger partial charge in [-0.1, -0.05) is 12.1 Å². The Kier molecular flexibility index (Phi) is 2.15. The molecular formula is C10H9FN2O2. The van der Waals surface area contributed by atoms with E-state index < -0.39 is 12.3 Å². The summed E-state index contributed by atoms with van der Waals surface area (Å²) < 4.78 is 14.5. The van der Waals surface area contributed by atoms with Gasteiger partial charge in [-0.15, -0.1) is 0 Å². The summed E-state index contributed by atoms with van der Waals surface area (Å²) in [5.41, 5.74) is 1.09. The number of fused-ring (bicyclic) bond motifs is 1. The van der Waals surface area contributed by atoms with Crippen LogP contribution in [0.15, 0.2) is 24.3 Å². The molecule has 1 N–H and O–H groups in total. The Hall–Kier alpha value is -1.91. The van der Waals surface area contributed by atoms with E-state index in [1.807, 2.05) is 0 Å². The Bertz CT molecular complexity index is 521. The van der Waals surface area contributed by atoms with Crippen LogP contribution in [-0.4, -0.2) is 20.6 Å². The third-order valence-corrected chi connectivity index (χ3v) is 2.20. The molecule has 0 radical (unpaired) electrons. The number of nitrogens with zero attached hydrogens (tertiary/aromatic N) is 2. The van der Waals surface area contributed by atoms with Crippen molar-refractivity contribution in [1.29, 1.82) is 0 Å². The van der Waals surface area contributed by atoms with E-state index >= 15 is 0 Å². The summed E-state index contributed by atoms with van der Waals surface area (Å²) in [5, 5.41) is 8.61. The molecule has 1 aromatic heterocycles. The maximum Gasteiger partial charge on any atom is 0.359 e. The standard InChI is InChI=1S/C10H9FN2O2/c1-6-12-7-4-2-3-5-8(7)13(6)9(11)10(14)15/h2-5,9H,1H3,(H,14,15). The van der Waals surface area contributed by atoms with Crippen molar-refractivity contribution in [2.45, 2.75) is 13.2 Å². The van der Waals surface area contributed by atoms with Gasteiger partial charge in [0.25, 0.3) is 6.30 Å². The second-order valence-corrected chi connectivity index (χ2v) is 3.19. The lowest BCUT2D eigenvalue weighted by Crippen LogP contribution is -2.15. The quantitative estimate of drug-likeness (QED) is 0.819. The third kappa shape index (κ3) is 1.45. The number of carbonyl (C=O) groups is 1. The molecule has 0 aliphatic heterocycles. The molecule has 0 amide bonds. The van der Waals surface area contributed by atoms with Gasteiger partial charge >= 0.3 is 5.97 Å². The summed E-state index contributed by atoms with van der Waals surface area (Å²) in [6.07, 6.45) is -2.09. The van der Waals surface area contributed by atoms with Crippen LogP contribution in [0.5, 0.6) is 0 Å². The average molecular weight is 208 g/mol. The maximum absolute atomic E-state index is 13.4. The van der Waals surface area contributed by atoms with Gasteiger partial charge < -0.3 is 5.11 Å². The first-order valence-electron chi connectivity index (χ1n) is 4.41. The second-order valence-electron chi connectivity index (χ2n) is 3.19. The number of hydrogen-bond donors (Lipinski definition) is 1. The predicted octanol–water partition coefficient (Wildman–Crippen LogP) is 1.90. The zero-order valence-electron chi connectivity index (χ0n) is 8.01. The Morgan fingerprint density at radius 3 is 2.87 bits per heavy atom. The molecule has 0 bridgehead atoms. The fourth-order valence-electron chi connectivity index (χ4n) is 1.56. The Labute approximate surface area is 85.0 Å². The molecule has 1 aromatic carbocycles. The predicted molar refractivity (Wildman–Crippen MR) is 52.3 cm³/mol. The summed E-state index contributed by atoms with van der Waals surface area (Å²) in [6.45, 7) is 1.58. The maximum atomic E-state index is 13.4. The van der Waals surface area contributed by atoms with Crippen LogP contribution >= 0.6 is 0 Å². The largest absolute Gasteiger partial charge is 0.478 e. The van der Waals surface area contributed by atoms with E-state index in [0.717, 1.165) is 4.57 Å². The minimum atomic E-state index is -2.09. The number of benzene rings is 1. The van der Waals surface area contributed by atoms with Crippen molar-refractivity contribution in [3.8, 4) is 0 Å². The van der Waals surface area contributed by atoms with Gasteiger partial charge in [-0.3, -0.25) is 4.57 Å². The molecule has 0 saturated heterocycles. The highest BCUT2D eigenvalue weighted by Gasteiger charge is 2.22. The average Bonchev–Trinajstić information content (AvgIpc) is 2.52. The molecule has 0 aliphatic carbocycles. The van der Waals surface area contributed by atoms with E-state index in [4.69, 9.17) is 5.11 Å². The molecule has 5 heteroatoms. The van der Waals surface area contributed by atoms with E-state index in [1.165, 1.54) is 0 Å². The van der Waals surface area contributed by atoms with Crippen LogP contribution < -0.4 is 0 Å². The molecule has 1 atom stereocenters. The third-order valence-electron chi connectivity index (χ3n) is 2.20. The molecule has 15 heavy (non-hydrogen) atoms. The minimum absolute atomic E-state index is 0.353. The molecule has 1 unspecified atom stereocenters. The van der Waals surface area contributed by atoms with Gasteiger partial charge in [-0.25, -0.2) is 14.2 Å². The number of rotatable bonds is 2. The molecule has 0 aliphatic rings. The first kappa shape index (κ1) is 9.64. The van der Waals surface area contributed by atoms with Gasteiger partial charge in [0.1, 0.15) is 5.82 Å². The fourth-order valence-corrected chi connectivity index (χ4v) is 1.56. The molecule has 1 heterocycles. The van der Waals surface area contributed by atoms with E-state index in [2.05, 4.69) is 4.98 Å². The highest BCUT2D eigenvalue weighted by Crippen LogP contribution is 2.21. The van der Waals surface area contributed by atoms with E-state index in [9.17, 15) is 9.18 Å². The SMILES string of the molecule is Cc1nc2ccccc2n1C(F)C(=O)O. The van der Waals surface area contributed by atoms with Crippen molar-refractivity contribution < 1.29 is 14.3 Å². The van der Waals surface area contributed by atoms with Crippen molar-refractivity contribution in [3.63, 3.8) is 0 Å². The first-order valence-corrected chi connectivity index (χ1v) is 4.41. The molecule has 4 nitrogen and oxygen atoms in total. The number of imidazole rings is 1. The van der Waals surface area contributed by atoms with Crippen molar-refractivity contribution in [2.24, 2.45) is 0 Å². The van der Waals surface area contributed by atoms with Crippen LogP contribution in [0.4, 0.5) is 4.39 Å². The van der Waals surface area contributed by atoms with Crippen molar-refractivity contribution in [3.05, 3.63) is 30.1 Å². The van der Waals surface area contributed by atoms with E-state index in [1.54, 1.807) is 31.2 Å². The minimum Gasteiger partial charge on any atom is -0.478 e. The number of aryl methyl sites for hydroxylation is 1. The lowest BCUT2D eigenvalue weighted by atomic mass is 10.3. The number of halogens is 1. The Morgan fingerprint density at radius 2 is 2.20 bits per heavy atom. The normalized spacial score (nSPS) is 12.9. The zero-order chi connectivity index (χ0) is 11.0. The number of aromatic nitrogens is 2. The highest BCUT2D eigenvalue weighted by atomic mass is 19.1. The summed E-state index contributed by atoms with van der Waals surface area (Å²) in [7, 11) is 0. The van der Waals surface area contributed by atoms with Gasteiger partial charge in [0.2, 0.25) is 0 Å². The Balaban J connectivity index is 2.68. The van der Waals surface area contributed by atoms with Gasteiger partial charge in [0.05, 0.1) is 11.0 Å². The van der Waals surface area contributed by atoms with Crippen molar-refractivity contribution >= 4 is 17.0 Å².